The van der Waals surface area contributed by atoms with Crippen molar-refractivity contribution in [2.45, 2.75) is 64.1 Å². The zero-order valence-electron chi connectivity index (χ0n) is 35.4. The lowest BCUT2D eigenvalue weighted by molar-refractivity contribution is -0.136. The Hall–Kier alpha value is -6.47. The first kappa shape index (κ1) is 41.9. The predicted molar refractivity (Wildman–Crippen MR) is 233 cm³/mol. The molecule has 0 saturated carbocycles. The van der Waals surface area contributed by atoms with Crippen molar-refractivity contribution in [2.75, 3.05) is 73.6 Å². The van der Waals surface area contributed by atoms with E-state index < -0.39 is 41.3 Å². The molecule has 1 aromatic heterocycles. The second-order valence-electron chi connectivity index (χ2n) is 17.5. The quantitative estimate of drug-likeness (QED) is 0.187. The number of imide groups is 2. The van der Waals surface area contributed by atoms with Crippen molar-refractivity contribution in [1.82, 2.24) is 25.0 Å². The standard InChI is InChI=1S/C47H49F2N9O5/c1-28-26-57(29(2)25-56(28)39-9-8-38(50-3)44-34(39)5-4-14-51-44)43(60)22-31-21-37(49)41(24-36(31)48)55-15-12-30(13-16-55)27-53-17-19-54(20-18-53)32-6-7-33-35(23-32)47(63)58(46(33)62)40-10-11-42(59)52-45(40)61/h4-9,14,21,23-24,28-30,40H,10-13,15-20,22,25-27H2,1-2H3,(H,52,59,61)/t28-,29+,40?/m0/s1. The van der Waals surface area contributed by atoms with Crippen molar-refractivity contribution >= 4 is 63.2 Å². The Morgan fingerprint density at radius 3 is 2.33 bits per heavy atom. The summed E-state index contributed by atoms with van der Waals surface area (Å²) in [6.07, 6.45) is 3.25. The SMILES string of the molecule is [C-]#[N+]c1ccc(N2C[C@@H](C)N(C(=O)Cc3cc(F)c(N4CCC(CN5CCN(c6ccc7c(c6)C(=O)N(C6CCC(=O)NC6=O)C7=O)CC5)CC4)cc3F)C[C@@H]2C)c2cccnc12. The Kier molecular flexibility index (Phi) is 11.3. The highest BCUT2D eigenvalue weighted by molar-refractivity contribution is 6.23. The molecule has 5 aliphatic heterocycles. The van der Waals surface area contributed by atoms with Crippen LogP contribution in [-0.4, -0.2) is 126 Å². The fourth-order valence-corrected chi connectivity index (χ4v) is 10.1. The third-order valence-electron chi connectivity index (χ3n) is 13.6. The molecule has 0 aliphatic carbocycles. The maximum Gasteiger partial charge on any atom is 0.262 e. The van der Waals surface area contributed by atoms with E-state index in [-0.39, 0.29) is 59.6 Å². The number of amides is 5. The lowest BCUT2D eigenvalue weighted by Crippen LogP contribution is -2.58. The van der Waals surface area contributed by atoms with Crippen molar-refractivity contribution in [1.29, 1.82) is 0 Å². The first-order valence-electron chi connectivity index (χ1n) is 21.8. The molecule has 0 bridgehead atoms. The summed E-state index contributed by atoms with van der Waals surface area (Å²) in [5, 5.41) is 3.10. The van der Waals surface area contributed by atoms with Crippen LogP contribution in [0.25, 0.3) is 15.7 Å². The van der Waals surface area contributed by atoms with Crippen LogP contribution in [0.15, 0.2) is 60.8 Å². The zero-order chi connectivity index (χ0) is 44.1. The van der Waals surface area contributed by atoms with Crippen molar-refractivity contribution in [3.8, 4) is 0 Å². The van der Waals surface area contributed by atoms with Crippen LogP contribution in [-0.2, 0) is 20.8 Å². The van der Waals surface area contributed by atoms with Crippen LogP contribution in [0.4, 0.5) is 31.5 Å². The lowest BCUT2D eigenvalue weighted by atomic mass is 9.95. The maximum atomic E-state index is 15.7. The van der Waals surface area contributed by atoms with Crippen LogP contribution in [0, 0.1) is 24.1 Å². The van der Waals surface area contributed by atoms with Crippen molar-refractivity contribution < 1.29 is 32.8 Å². The molecule has 5 amide bonds. The molecule has 63 heavy (non-hydrogen) atoms. The Morgan fingerprint density at radius 1 is 0.825 bits per heavy atom. The van der Waals surface area contributed by atoms with Gasteiger partial charge in [-0.2, -0.15) is 0 Å². The number of hydrogen-bond donors (Lipinski definition) is 1. The van der Waals surface area contributed by atoms with Gasteiger partial charge in [0.05, 0.1) is 35.3 Å². The smallest absolute Gasteiger partial charge is 0.262 e. The van der Waals surface area contributed by atoms with Gasteiger partial charge in [-0.15, -0.1) is 0 Å². The minimum atomic E-state index is -1.01. The number of nitrogens with zero attached hydrogens (tertiary/aromatic N) is 8. The van der Waals surface area contributed by atoms with Gasteiger partial charge in [-0.1, -0.05) is 12.1 Å². The molecule has 1 unspecified atom stereocenters. The minimum Gasteiger partial charge on any atom is -0.369 e. The average molecular weight is 858 g/mol. The third kappa shape index (κ3) is 7.94. The van der Waals surface area contributed by atoms with Crippen molar-refractivity contribution in [3.05, 3.63) is 101 Å². The van der Waals surface area contributed by atoms with Gasteiger partial charge in [0.15, 0.2) is 0 Å². The third-order valence-corrected chi connectivity index (χ3v) is 13.6. The molecule has 4 aromatic rings. The van der Waals surface area contributed by atoms with Gasteiger partial charge < -0.3 is 19.6 Å². The fourth-order valence-electron chi connectivity index (χ4n) is 10.1. The molecule has 16 heteroatoms. The number of halogens is 2. The number of fused-ring (bicyclic) bond motifs is 2. The van der Waals surface area contributed by atoms with E-state index in [0.29, 0.717) is 43.3 Å². The highest BCUT2D eigenvalue weighted by Gasteiger charge is 2.45. The van der Waals surface area contributed by atoms with Crippen LogP contribution in [0.5, 0.6) is 0 Å². The van der Waals surface area contributed by atoms with Crippen molar-refractivity contribution in [2.24, 2.45) is 5.92 Å². The van der Waals surface area contributed by atoms with Crippen LogP contribution >= 0.6 is 0 Å². The van der Waals surface area contributed by atoms with Crippen LogP contribution in [0.2, 0.25) is 0 Å². The number of nitrogens with one attached hydrogen (secondary N) is 1. The Bertz CT molecular complexity index is 2570. The maximum absolute atomic E-state index is 15.7. The molecule has 6 heterocycles. The number of rotatable bonds is 8. The molecule has 3 aromatic carbocycles. The summed E-state index contributed by atoms with van der Waals surface area (Å²) >= 11 is 0. The summed E-state index contributed by atoms with van der Waals surface area (Å²) in [4.78, 5) is 83.7. The number of piperidine rings is 2. The number of piperazine rings is 2. The summed E-state index contributed by atoms with van der Waals surface area (Å²) in [5.74, 6) is -3.09. The number of aromatic nitrogens is 1. The van der Waals surface area contributed by atoms with Crippen LogP contribution < -0.4 is 20.0 Å². The number of hydrogen-bond acceptors (Lipinski definition) is 10. The molecule has 4 saturated heterocycles. The second-order valence-corrected chi connectivity index (χ2v) is 17.5. The Labute approximate surface area is 364 Å². The van der Waals surface area contributed by atoms with E-state index in [1.54, 1.807) is 29.3 Å². The monoisotopic (exact) mass is 857 g/mol. The number of carbonyl (C=O) groups is 5. The normalized spacial score (nSPS) is 22.5. The number of carbonyl (C=O) groups excluding carboxylic acids is 5. The molecule has 326 valence electrons. The molecule has 14 nitrogen and oxygen atoms in total. The fraction of sp³-hybridized carbons (Fsp3) is 0.426. The van der Waals surface area contributed by atoms with Gasteiger partial charge in [0.25, 0.3) is 11.8 Å². The van der Waals surface area contributed by atoms with E-state index in [0.717, 1.165) is 67.2 Å². The number of anilines is 3. The first-order chi connectivity index (χ1) is 30.4. The topological polar surface area (TPSA) is 134 Å². The first-order valence-corrected chi connectivity index (χ1v) is 21.8. The summed E-state index contributed by atoms with van der Waals surface area (Å²) < 4.78 is 31.4. The highest BCUT2D eigenvalue weighted by atomic mass is 19.1. The molecule has 3 atom stereocenters. The Morgan fingerprint density at radius 2 is 1.59 bits per heavy atom. The average Bonchev–Trinajstić information content (AvgIpc) is 3.53. The van der Waals surface area contributed by atoms with Gasteiger partial charge in [-0.25, -0.2) is 13.6 Å². The van der Waals surface area contributed by atoms with Gasteiger partial charge in [0, 0.05) is 112 Å². The molecular formula is C47H49F2N9O5. The summed E-state index contributed by atoms with van der Waals surface area (Å²) in [6, 6.07) is 13.9. The summed E-state index contributed by atoms with van der Waals surface area (Å²) in [5.41, 5.74) is 3.67. The van der Waals surface area contributed by atoms with Gasteiger partial charge in [0.1, 0.15) is 17.7 Å². The van der Waals surface area contributed by atoms with Crippen LogP contribution in [0.1, 0.15) is 65.8 Å². The molecule has 1 N–H and O–H groups in total. The van der Waals surface area contributed by atoms with Gasteiger partial charge in [-0.05, 0) is 75.4 Å². The van der Waals surface area contributed by atoms with Gasteiger partial charge in [-0.3, -0.25) is 44.1 Å². The van der Waals surface area contributed by atoms with Gasteiger partial charge in [0.2, 0.25) is 23.4 Å². The minimum absolute atomic E-state index is 0.0403. The number of pyridine rings is 1. The molecule has 9 rings (SSSR count). The van der Waals surface area contributed by atoms with E-state index in [2.05, 4.69) is 29.8 Å². The molecular weight excluding hydrogens is 809 g/mol. The second kappa shape index (κ2) is 17.0. The molecule has 5 aliphatic rings. The van der Waals surface area contributed by atoms with E-state index in [1.807, 2.05) is 43.0 Å². The van der Waals surface area contributed by atoms with E-state index in [9.17, 15) is 24.0 Å². The van der Waals surface area contributed by atoms with Crippen molar-refractivity contribution in [3.63, 3.8) is 0 Å². The predicted octanol–water partition coefficient (Wildman–Crippen LogP) is 5.17. The number of benzene rings is 3. The van der Waals surface area contributed by atoms with E-state index in [4.69, 9.17) is 6.57 Å². The van der Waals surface area contributed by atoms with E-state index >= 15 is 8.78 Å². The highest BCUT2D eigenvalue weighted by Crippen LogP contribution is 2.36. The molecule has 0 spiro atoms. The summed E-state index contributed by atoms with van der Waals surface area (Å²) in [6.45, 7) is 17.6. The molecule has 4 fully saturated rings. The molecule has 0 radical (unpaired) electrons. The summed E-state index contributed by atoms with van der Waals surface area (Å²) in [7, 11) is 0. The van der Waals surface area contributed by atoms with Crippen LogP contribution in [0.3, 0.4) is 0 Å². The van der Waals surface area contributed by atoms with E-state index in [1.165, 1.54) is 12.1 Å². The van der Waals surface area contributed by atoms with Gasteiger partial charge >= 0.3 is 0 Å². The zero-order valence-corrected chi connectivity index (χ0v) is 35.4. The lowest BCUT2D eigenvalue weighted by Gasteiger charge is -2.45. The Balaban J connectivity index is 0.755. The largest absolute Gasteiger partial charge is 0.369 e.